The molecule has 0 radical (unpaired) electrons. The lowest BCUT2D eigenvalue weighted by atomic mass is 10.1. The molecule has 3 rings (SSSR count). The van der Waals surface area contributed by atoms with Crippen LogP contribution in [0.15, 0.2) is 24.3 Å². The van der Waals surface area contributed by atoms with Crippen molar-refractivity contribution in [2.45, 2.75) is 32.4 Å². The van der Waals surface area contributed by atoms with E-state index in [1.54, 1.807) is 0 Å². The normalized spacial score (nSPS) is 19.9. The van der Waals surface area contributed by atoms with Crippen LogP contribution in [0, 0.1) is 0 Å². The predicted molar refractivity (Wildman–Crippen MR) is 71.0 cm³/mol. The van der Waals surface area contributed by atoms with Crippen molar-refractivity contribution < 1.29 is 4.79 Å². The van der Waals surface area contributed by atoms with Gasteiger partial charge in [-0.3, -0.25) is 9.69 Å². The summed E-state index contributed by atoms with van der Waals surface area (Å²) in [7, 11) is 0. The Hall–Kier alpha value is -1.35. The molecule has 0 atom stereocenters. The fourth-order valence-electron chi connectivity index (χ4n) is 2.95. The highest BCUT2D eigenvalue weighted by Gasteiger charge is 2.23. The summed E-state index contributed by atoms with van der Waals surface area (Å²) in [5.74, 6) is 0.308. The van der Waals surface area contributed by atoms with E-state index in [0.29, 0.717) is 12.5 Å². The van der Waals surface area contributed by atoms with Crippen LogP contribution in [-0.4, -0.2) is 35.3 Å². The van der Waals surface area contributed by atoms with Crippen molar-refractivity contribution >= 4 is 5.91 Å². The van der Waals surface area contributed by atoms with Crippen molar-refractivity contribution in [3.8, 4) is 0 Å². The van der Waals surface area contributed by atoms with Gasteiger partial charge in [0.2, 0.25) is 5.91 Å². The van der Waals surface area contributed by atoms with E-state index >= 15 is 0 Å². The van der Waals surface area contributed by atoms with Gasteiger partial charge in [0.25, 0.3) is 0 Å². The number of carbonyl (C=O) groups is 1. The molecule has 2 heterocycles. The molecule has 2 aliphatic heterocycles. The van der Waals surface area contributed by atoms with E-state index in [2.05, 4.69) is 29.2 Å². The summed E-state index contributed by atoms with van der Waals surface area (Å²) < 4.78 is 0. The first-order valence-corrected chi connectivity index (χ1v) is 6.90. The zero-order chi connectivity index (χ0) is 12.4. The zero-order valence-corrected chi connectivity index (χ0v) is 10.8. The second kappa shape index (κ2) is 5.11. The van der Waals surface area contributed by atoms with Crippen LogP contribution in [0.2, 0.25) is 0 Å². The van der Waals surface area contributed by atoms with E-state index in [4.69, 9.17) is 0 Å². The van der Waals surface area contributed by atoms with Crippen molar-refractivity contribution in [3.63, 3.8) is 0 Å². The van der Waals surface area contributed by atoms with Crippen LogP contribution in [0.3, 0.4) is 0 Å². The molecule has 1 saturated heterocycles. The quantitative estimate of drug-likeness (QED) is 0.794. The first kappa shape index (κ1) is 11.7. The number of fused-ring (bicyclic) bond motifs is 1. The summed E-state index contributed by atoms with van der Waals surface area (Å²) in [6.45, 7) is 4.35. The van der Waals surface area contributed by atoms with Gasteiger partial charge in [0.1, 0.15) is 0 Å². The lowest BCUT2D eigenvalue weighted by molar-refractivity contribution is -0.133. The summed E-state index contributed by atoms with van der Waals surface area (Å²) >= 11 is 0. The molecule has 0 aliphatic carbocycles. The molecule has 0 saturated carbocycles. The van der Waals surface area contributed by atoms with Crippen molar-refractivity contribution in [2.75, 3.05) is 19.6 Å². The molecule has 0 aromatic heterocycles. The number of amides is 1. The Balaban J connectivity index is 1.57. The van der Waals surface area contributed by atoms with E-state index in [1.165, 1.54) is 30.4 Å². The van der Waals surface area contributed by atoms with Crippen LogP contribution in [0.1, 0.15) is 30.4 Å². The van der Waals surface area contributed by atoms with Gasteiger partial charge in [-0.05, 0) is 30.4 Å². The molecule has 1 amide bonds. The highest BCUT2D eigenvalue weighted by Crippen LogP contribution is 2.22. The molecule has 1 aromatic carbocycles. The van der Waals surface area contributed by atoms with E-state index in [-0.39, 0.29) is 0 Å². The highest BCUT2D eigenvalue weighted by atomic mass is 16.2. The smallest absolute Gasteiger partial charge is 0.236 e. The molecule has 3 nitrogen and oxygen atoms in total. The Morgan fingerprint density at radius 1 is 1.00 bits per heavy atom. The van der Waals surface area contributed by atoms with E-state index < -0.39 is 0 Å². The third-order valence-electron chi connectivity index (χ3n) is 3.97. The number of likely N-dealkylation sites (tertiary alicyclic amines) is 1. The summed E-state index contributed by atoms with van der Waals surface area (Å²) in [5, 5.41) is 0. The molecule has 0 bridgehead atoms. The zero-order valence-electron chi connectivity index (χ0n) is 10.8. The molecule has 2 aliphatic rings. The lowest BCUT2D eigenvalue weighted by Gasteiger charge is -2.28. The minimum atomic E-state index is 0.308. The minimum absolute atomic E-state index is 0.308. The van der Waals surface area contributed by atoms with Gasteiger partial charge < -0.3 is 4.90 Å². The largest absolute Gasteiger partial charge is 0.342 e. The maximum atomic E-state index is 12.2. The predicted octanol–water partition coefficient (Wildman–Crippen LogP) is 2.01. The summed E-state index contributed by atoms with van der Waals surface area (Å²) in [5.41, 5.74) is 2.76. The van der Waals surface area contributed by atoms with Gasteiger partial charge in [-0.1, -0.05) is 24.3 Å². The SMILES string of the molecule is O=C(CN1Cc2ccccc2C1)N1CCCCC1. The van der Waals surface area contributed by atoms with E-state index in [9.17, 15) is 4.79 Å². The maximum Gasteiger partial charge on any atom is 0.236 e. The fraction of sp³-hybridized carbons (Fsp3) is 0.533. The van der Waals surface area contributed by atoms with E-state index in [0.717, 1.165) is 26.2 Å². The second-order valence-electron chi connectivity index (χ2n) is 5.36. The van der Waals surface area contributed by atoms with Crippen molar-refractivity contribution in [1.82, 2.24) is 9.80 Å². The second-order valence-corrected chi connectivity index (χ2v) is 5.36. The molecule has 3 heteroatoms. The number of hydrogen-bond acceptors (Lipinski definition) is 2. The van der Waals surface area contributed by atoms with Crippen LogP contribution >= 0.6 is 0 Å². The molecular weight excluding hydrogens is 224 g/mol. The average molecular weight is 244 g/mol. The monoisotopic (exact) mass is 244 g/mol. The maximum absolute atomic E-state index is 12.2. The van der Waals surface area contributed by atoms with Gasteiger partial charge in [-0.25, -0.2) is 0 Å². The Kier molecular flexibility index (Phi) is 3.33. The Labute approximate surface area is 108 Å². The van der Waals surface area contributed by atoms with Crippen molar-refractivity contribution in [1.29, 1.82) is 0 Å². The third-order valence-corrected chi connectivity index (χ3v) is 3.97. The van der Waals surface area contributed by atoms with E-state index in [1.807, 2.05) is 4.90 Å². The molecular formula is C15H20N2O. The van der Waals surface area contributed by atoms with Crippen LogP contribution < -0.4 is 0 Å². The number of hydrogen-bond donors (Lipinski definition) is 0. The molecule has 0 unspecified atom stereocenters. The first-order valence-electron chi connectivity index (χ1n) is 6.90. The van der Waals surface area contributed by atoms with Gasteiger partial charge >= 0.3 is 0 Å². The van der Waals surface area contributed by atoms with Gasteiger partial charge in [-0.15, -0.1) is 0 Å². The number of benzene rings is 1. The van der Waals surface area contributed by atoms with Crippen LogP contribution in [0.4, 0.5) is 0 Å². The molecule has 0 N–H and O–H groups in total. The summed E-state index contributed by atoms with van der Waals surface area (Å²) in [4.78, 5) is 16.5. The number of rotatable bonds is 2. The van der Waals surface area contributed by atoms with Crippen molar-refractivity contribution in [3.05, 3.63) is 35.4 Å². The molecule has 18 heavy (non-hydrogen) atoms. The Morgan fingerprint density at radius 3 is 2.22 bits per heavy atom. The van der Waals surface area contributed by atoms with Crippen LogP contribution in [0.5, 0.6) is 0 Å². The van der Waals surface area contributed by atoms with Gasteiger partial charge in [0.15, 0.2) is 0 Å². The standard InChI is InChI=1S/C15H20N2O/c18-15(17-8-4-1-5-9-17)12-16-10-13-6-2-3-7-14(13)11-16/h2-3,6-7H,1,4-5,8-12H2. The summed E-state index contributed by atoms with van der Waals surface area (Å²) in [6.07, 6.45) is 3.62. The Morgan fingerprint density at radius 2 is 1.61 bits per heavy atom. The topological polar surface area (TPSA) is 23.6 Å². The third kappa shape index (κ3) is 2.41. The molecule has 0 spiro atoms. The lowest BCUT2D eigenvalue weighted by Crippen LogP contribution is -2.41. The van der Waals surface area contributed by atoms with Gasteiger partial charge in [0.05, 0.1) is 6.54 Å². The average Bonchev–Trinajstić information content (AvgIpc) is 2.82. The first-order chi connectivity index (χ1) is 8.83. The number of carbonyl (C=O) groups excluding carboxylic acids is 1. The Bertz CT molecular complexity index is 413. The fourth-order valence-corrected chi connectivity index (χ4v) is 2.95. The molecule has 1 fully saturated rings. The molecule has 96 valence electrons. The van der Waals surface area contributed by atoms with Crippen LogP contribution in [-0.2, 0) is 17.9 Å². The highest BCUT2D eigenvalue weighted by molar-refractivity contribution is 5.78. The number of nitrogens with zero attached hydrogens (tertiary/aromatic N) is 2. The molecule has 1 aromatic rings. The van der Waals surface area contributed by atoms with Gasteiger partial charge in [-0.2, -0.15) is 0 Å². The van der Waals surface area contributed by atoms with Crippen LogP contribution in [0.25, 0.3) is 0 Å². The summed E-state index contributed by atoms with van der Waals surface area (Å²) in [6, 6.07) is 8.49. The van der Waals surface area contributed by atoms with Crippen molar-refractivity contribution in [2.24, 2.45) is 0 Å². The minimum Gasteiger partial charge on any atom is -0.342 e. The van der Waals surface area contributed by atoms with Gasteiger partial charge in [0, 0.05) is 26.2 Å². The number of piperidine rings is 1.